The number of hydrogen-bond acceptors (Lipinski definition) is 3. The SMILES string of the molecule is CCCC(C)(N)C(=O)NC1CCCc2cc(OC(F)F)ccc21.Cl. The third kappa shape index (κ3) is 5.05. The maximum Gasteiger partial charge on any atom is 0.387 e. The summed E-state index contributed by atoms with van der Waals surface area (Å²) in [5, 5.41) is 3.01. The van der Waals surface area contributed by atoms with Crippen LogP contribution in [0.15, 0.2) is 18.2 Å². The molecule has 3 N–H and O–H groups in total. The van der Waals surface area contributed by atoms with E-state index in [1.54, 1.807) is 19.1 Å². The van der Waals surface area contributed by atoms with E-state index in [0.717, 1.165) is 36.8 Å². The molecule has 0 bridgehead atoms. The molecule has 0 aliphatic heterocycles. The Morgan fingerprint density at radius 3 is 2.83 bits per heavy atom. The van der Waals surface area contributed by atoms with Crippen molar-refractivity contribution in [1.82, 2.24) is 5.32 Å². The number of amides is 1. The summed E-state index contributed by atoms with van der Waals surface area (Å²) in [7, 11) is 0. The zero-order valence-corrected chi connectivity index (χ0v) is 14.8. The van der Waals surface area contributed by atoms with Crippen LogP contribution in [0.3, 0.4) is 0 Å². The second-order valence-corrected chi connectivity index (χ2v) is 6.32. The lowest BCUT2D eigenvalue weighted by molar-refractivity contribution is -0.126. The van der Waals surface area contributed by atoms with E-state index in [1.165, 1.54) is 6.07 Å². The molecule has 0 fully saturated rings. The Kier molecular flexibility index (Phi) is 7.42. The van der Waals surface area contributed by atoms with Crippen LogP contribution in [0, 0.1) is 0 Å². The molecule has 0 radical (unpaired) electrons. The average Bonchev–Trinajstić information content (AvgIpc) is 2.46. The highest BCUT2D eigenvalue weighted by molar-refractivity contribution is 5.86. The molecule has 4 nitrogen and oxygen atoms in total. The van der Waals surface area contributed by atoms with Crippen LogP contribution in [0.25, 0.3) is 0 Å². The zero-order valence-electron chi connectivity index (χ0n) is 14.0. The first kappa shape index (κ1) is 20.6. The molecule has 0 heterocycles. The fourth-order valence-electron chi connectivity index (χ4n) is 3.07. The minimum atomic E-state index is -2.83. The van der Waals surface area contributed by atoms with E-state index < -0.39 is 12.2 Å². The number of halogens is 3. The minimum absolute atomic E-state index is 0. The van der Waals surface area contributed by atoms with Crippen molar-refractivity contribution in [3.05, 3.63) is 29.3 Å². The standard InChI is InChI=1S/C17H24F2N2O2.ClH/c1-3-9-17(2,20)15(22)21-14-6-4-5-11-10-12(23-16(18)19)7-8-13(11)14;/h7-8,10,14,16H,3-6,9,20H2,1-2H3,(H,21,22);1H. The molecule has 1 aliphatic rings. The van der Waals surface area contributed by atoms with E-state index in [-0.39, 0.29) is 30.1 Å². The highest BCUT2D eigenvalue weighted by atomic mass is 35.5. The fraction of sp³-hybridized carbons (Fsp3) is 0.588. The van der Waals surface area contributed by atoms with Crippen molar-refractivity contribution in [2.24, 2.45) is 5.73 Å². The van der Waals surface area contributed by atoms with Crippen LogP contribution in [0.5, 0.6) is 5.75 Å². The summed E-state index contributed by atoms with van der Waals surface area (Å²) >= 11 is 0. The largest absolute Gasteiger partial charge is 0.435 e. The summed E-state index contributed by atoms with van der Waals surface area (Å²) in [6.07, 6.45) is 3.92. The number of carbonyl (C=O) groups is 1. The van der Waals surface area contributed by atoms with E-state index in [0.29, 0.717) is 6.42 Å². The molecule has 2 unspecified atom stereocenters. The van der Waals surface area contributed by atoms with Gasteiger partial charge in [0.15, 0.2) is 0 Å². The van der Waals surface area contributed by atoms with Crippen LogP contribution in [0.1, 0.15) is 56.7 Å². The van der Waals surface area contributed by atoms with E-state index >= 15 is 0 Å². The van der Waals surface area contributed by atoms with E-state index in [1.807, 2.05) is 6.92 Å². The van der Waals surface area contributed by atoms with Crippen LogP contribution in [0.2, 0.25) is 0 Å². The molecule has 24 heavy (non-hydrogen) atoms. The van der Waals surface area contributed by atoms with Gasteiger partial charge in [-0.2, -0.15) is 8.78 Å². The van der Waals surface area contributed by atoms with Crippen LogP contribution in [-0.4, -0.2) is 18.1 Å². The number of aryl methyl sites for hydroxylation is 1. The number of fused-ring (bicyclic) bond motifs is 1. The molecular weight excluding hydrogens is 338 g/mol. The fourth-order valence-corrected chi connectivity index (χ4v) is 3.07. The number of alkyl halides is 2. The van der Waals surface area contributed by atoms with Crippen molar-refractivity contribution < 1.29 is 18.3 Å². The van der Waals surface area contributed by atoms with Crippen molar-refractivity contribution in [3.63, 3.8) is 0 Å². The summed E-state index contributed by atoms with van der Waals surface area (Å²) in [6.45, 7) is 0.882. The molecule has 2 atom stereocenters. The van der Waals surface area contributed by atoms with Crippen molar-refractivity contribution in [1.29, 1.82) is 0 Å². The van der Waals surface area contributed by atoms with Crippen LogP contribution >= 0.6 is 12.4 Å². The number of hydrogen-bond donors (Lipinski definition) is 2. The summed E-state index contributed by atoms with van der Waals surface area (Å²) in [4.78, 5) is 12.4. The molecule has 0 aromatic heterocycles. The van der Waals surface area contributed by atoms with Crippen LogP contribution in [-0.2, 0) is 11.2 Å². The van der Waals surface area contributed by atoms with Crippen molar-refractivity contribution in [2.75, 3.05) is 0 Å². The van der Waals surface area contributed by atoms with Gasteiger partial charge in [0.25, 0.3) is 0 Å². The normalized spacial score (nSPS) is 19.0. The van der Waals surface area contributed by atoms with Gasteiger partial charge in [-0.05, 0) is 55.9 Å². The molecule has 0 spiro atoms. The zero-order chi connectivity index (χ0) is 17.0. The summed E-state index contributed by atoms with van der Waals surface area (Å²) in [5.74, 6) is -0.0227. The van der Waals surface area contributed by atoms with Gasteiger partial charge in [-0.3, -0.25) is 4.79 Å². The van der Waals surface area contributed by atoms with Crippen molar-refractivity contribution in [3.8, 4) is 5.75 Å². The molecule has 1 amide bonds. The first-order valence-electron chi connectivity index (χ1n) is 8.01. The van der Waals surface area contributed by atoms with Gasteiger partial charge in [-0.1, -0.05) is 19.4 Å². The Balaban J connectivity index is 0.00000288. The second kappa shape index (κ2) is 8.62. The molecule has 7 heteroatoms. The van der Waals surface area contributed by atoms with Gasteiger partial charge in [0.1, 0.15) is 5.75 Å². The van der Waals surface area contributed by atoms with Gasteiger partial charge in [0.2, 0.25) is 5.91 Å². The number of benzene rings is 1. The highest BCUT2D eigenvalue weighted by Gasteiger charge is 2.31. The highest BCUT2D eigenvalue weighted by Crippen LogP contribution is 2.33. The Hall–Kier alpha value is -1.40. The number of nitrogens with two attached hydrogens (primary N) is 1. The molecular formula is C17H25ClF2N2O2. The summed E-state index contributed by atoms with van der Waals surface area (Å²) < 4.78 is 29.1. The first-order valence-corrected chi connectivity index (χ1v) is 8.01. The number of rotatable bonds is 6. The van der Waals surface area contributed by atoms with Gasteiger partial charge in [-0.25, -0.2) is 0 Å². The Morgan fingerprint density at radius 1 is 1.50 bits per heavy atom. The molecule has 0 saturated heterocycles. The Bertz CT molecular complexity index is 568. The Morgan fingerprint density at radius 2 is 2.21 bits per heavy atom. The predicted molar refractivity (Wildman–Crippen MR) is 91.6 cm³/mol. The topological polar surface area (TPSA) is 64.4 Å². The lowest BCUT2D eigenvalue weighted by atomic mass is 9.86. The maximum atomic E-state index is 12.4. The van der Waals surface area contributed by atoms with Gasteiger partial charge in [0.05, 0.1) is 11.6 Å². The second-order valence-electron chi connectivity index (χ2n) is 6.32. The van der Waals surface area contributed by atoms with Crippen molar-refractivity contribution >= 4 is 18.3 Å². The summed E-state index contributed by atoms with van der Waals surface area (Å²) in [6, 6.07) is 4.77. The lowest BCUT2D eigenvalue weighted by Gasteiger charge is -2.31. The number of ether oxygens (including phenoxy) is 1. The van der Waals surface area contributed by atoms with Gasteiger partial charge >= 0.3 is 6.61 Å². The number of nitrogens with one attached hydrogen (secondary N) is 1. The first-order chi connectivity index (χ1) is 10.8. The molecule has 1 aromatic carbocycles. The van der Waals surface area contributed by atoms with Crippen molar-refractivity contribution in [2.45, 2.75) is 64.1 Å². The number of carbonyl (C=O) groups excluding carboxylic acids is 1. The van der Waals surface area contributed by atoms with Gasteiger partial charge in [0, 0.05) is 0 Å². The average molecular weight is 363 g/mol. The van der Waals surface area contributed by atoms with E-state index in [4.69, 9.17) is 5.73 Å². The third-order valence-corrected chi connectivity index (χ3v) is 4.25. The maximum absolute atomic E-state index is 12.4. The minimum Gasteiger partial charge on any atom is -0.435 e. The van der Waals surface area contributed by atoms with E-state index in [2.05, 4.69) is 10.1 Å². The monoisotopic (exact) mass is 362 g/mol. The van der Waals surface area contributed by atoms with Gasteiger partial charge in [-0.15, -0.1) is 12.4 Å². The Labute approximate surface area is 147 Å². The molecule has 1 aromatic rings. The third-order valence-electron chi connectivity index (χ3n) is 4.25. The lowest BCUT2D eigenvalue weighted by Crippen LogP contribution is -2.52. The van der Waals surface area contributed by atoms with Crippen LogP contribution < -0.4 is 15.8 Å². The van der Waals surface area contributed by atoms with E-state index in [9.17, 15) is 13.6 Å². The molecule has 136 valence electrons. The molecule has 0 saturated carbocycles. The van der Waals surface area contributed by atoms with Crippen LogP contribution in [0.4, 0.5) is 8.78 Å². The van der Waals surface area contributed by atoms with Gasteiger partial charge < -0.3 is 15.8 Å². The summed E-state index contributed by atoms with van der Waals surface area (Å²) in [5.41, 5.74) is 7.07. The molecule has 2 rings (SSSR count). The molecule has 1 aliphatic carbocycles. The smallest absolute Gasteiger partial charge is 0.387 e. The predicted octanol–water partition coefficient (Wildman–Crippen LogP) is 3.72. The quantitative estimate of drug-likeness (QED) is 0.810.